The van der Waals surface area contributed by atoms with Crippen LogP contribution in [0.1, 0.15) is 23.8 Å². The number of carbonyl (C=O) groups excluding carboxylic acids is 1. The van der Waals surface area contributed by atoms with E-state index in [1.165, 1.54) is 10.4 Å². The van der Waals surface area contributed by atoms with E-state index in [0.717, 1.165) is 39.0 Å². The highest BCUT2D eigenvalue weighted by atomic mass is 127. The Morgan fingerprint density at radius 1 is 1.41 bits per heavy atom. The smallest absolute Gasteiger partial charge is 0.244 e. The third-order valence-electron chi connectivity index (χ3n) is 4.29. The highest BCUT2D eigenvalue weighted by Crippen LogP contribution is 2.23. The third kappa shape index (κ3) is 6.49. The van der Waals surface area contributed by atoms with E-state index in [9.17, 15) is 4.79 Å². The molecule has 2 aromatic heterocycles. The number of fused-ring (bicyclic) bond motifs is 1. The van der Waals surface area contributed by atoms with E-state index < -0.39 is 0 Å². The predicted octanol–water partition coefficient (Wildman–Crippen LogP) is 2.09. The van der Waals surface area contributed by atoms with Crippen molar-refractivity contribution in [1.82, 2.24) is 25.3 Å². The fourth-order valence-electron chi connectivity index (χ4n) is 2.93. The van der Waals surface area contributed by atoms with Gasteiger partial charge in [0, 0.05) is 50.0 Å². The van der Waals surface area contributed by atoms with E-state index in [0.29, 0.717) is 12.5 Å². The van der Waals surface area contributed by atoms with Crippen LogP contribution >= 0.6 is 35.3 Å². The van der Waals surface area contributed by atoms with E-state index in [1.807, 2.05) is 28.8 Å². The van der Waals surface area contributed by atoms with Crippen molar-refractivity contribution in [3.8, 4) is 0 Å². The molecule has 0 saturated heterocycles. The average molecular weight is 502 g/mol. The Morgan fingerprint density at radius 2 is 2.30 bits per heavy atom. The van der Waals surface area contributed by atoms with Crippen molar-refractivity contribution in [1.29, 1.82) is 0 Å². The number of halogens is 1. The standard InChI is InChI=1S/C18H26N6OS.HI/c1-2-19-18(20-7-3-9-24-10-4-8-22-24)21-13-17(25)23-11-5-16-15(14-23)6-12-26-16;/h4,6,8,10,12H,2-3,5,7,9,11,13-14H2,1H3,(H2,19,20,21);1H. The van der Waals surface area contributed by atoms with Gasteiger partial charge in [-0.25, -0.2) is 4.99 Å². The van der Waals surface area contributed by atoms with Crippen molar-refractivity contribution < 1.29 is 4.79 Å². The van der Waals surface area contributed by atoms with Gasteiger partial charge in [-0.1, -0.05) is 0 Å². The Morgan fingerprint density at radius 3 is 3.07 bits per heavy atom. The summed E-state index contributed by atoms with van der Waals surface area (Å²) in [4.78, 5) is 20.2. The average Bonchev–Trinajstić information content (AvgIpc) is 3.33. The van der Waals surface area contributed by atoms with Crippen molar-refractivity contribution in [3.05, 3.63) is 40.3 Å². The molecule has 1 aliphatic heterocycles. The number of nitrogens with one attached hydrogen (secondary N) is 2. The molecule has 1 amide bonds. The maximum Gasteiger partial charge on any atom is 0.244 e. The predicted molar refractivity (Wildman–Crippen MR) is 120 cm³/mol. The molecule has 3 heterocycles. The molecule has 7 nitrogen and oxygen atoms in total. The molecule has 2 N–H and O–H groups in total. The first-order valence-electron chi connectivity index (χ1n) is 9.09. The summed E-state index contributed by atoms with van der Waals surface area (Å²) >= 11 is 1.78. The van der Waals surface area contributed by atoms with E-state index in [-0.39, 0.29) is 36.4 Å². The van der Waals surface area contributed by atoms with Crippen LogP contribution in [0.25, 0.3) is 0 Å². The number of amides is 1. The van der Waals surface area contributed by atoms with Gasteiger partial charge in [0.15, 0.2) is 5.96 Å². The molecule has 0 aromatic carbocycles. The topological polar surface area (TPSA) is 74.6 Å². The monoisotopic (exact) mass is 502 g/mol. The Bertz CT molecular complexity index is 730. The van der Waals surface area contributed by atoms with Crippen molar-refractivity contribution in [2.24, 2.45) is 4.99 Å². The van der Waals surface area contributed by atoms with Crippen LogP contribution in [0.2, 0.25) is 0 Å². The van der Waals surface area contributed by atoms with Crippen molar-refractivity contribution in [2.45, 2.75) is 32.9 Å². The largest absolute Gasteiger partial charge is 0.357 e. The van der Waals surface area contributed by atoms with Gasteiger partial charge in [-0.2, -0.15) is 5.10 Å². The molecule has 0 radical (unpaired) electrons. The second kappa shape index (κ2) is 11.3. The second-order valence-electron chi connectivity index (χ2n) is 6.18. The summed E-state index contributed by atoms with van der Waals surface area (Å²) in [6.45, 7) is 6.09. The van der Waals surface area contributed by atoms with Crippen LogP contribution < -0.4 is 10.6 Å². The molecule has 0 bridgehead atoms. The van der Waals surface area contributed by atoms with Gasteiger partial charge in [0.1, 0.15) is 6.54 Å². The summed E-state index contributed by atoms with van der Waals surface area (Å²) in [6.07, 6.45) is 5.63. The highest BCUT2D eigenvalue weighted by Gasteiger charge is 2.21. The molecule has 0 aliphatic carbocycles. The molecule has 148 valence electrons. The summed E-state index contributed by atoms with van der Waals surface area (Å²) < 4.78 is 1.91. The number of aryl methyl sites for hydroxylation is 1. The summed E-state index contributed by atoms with van der Waals surface area (Å²) in [6, 6.07) is 4.04. The first-order chi connectivity index (χ1) is 12.8. The molecular formula is C18H27IN6OS. The minimum Gasteiger partial charge on any atom is -0.357 e. The fourth-order valence-corrected chi connectivity index (χ4v) is 3.82. The van der Waals surface area contributed by atoms with Gasteiger partial charge >= 0.3 is 0 Å². The zero-order valence-corrected chi connectivity index (χ0v) is 18.7. The molecule has 1 aliphatic rings. The Balaban J connectivity index is 0.00000261. The Hall–Kier alpha value is -1.62. The first-order valence-corrected chi connectivity index (χ1v) is 9.97. The molecule has 0 spiro atoms. The molecule has 0 atom stereocenters. The fraction of sp³-hybridized carbons (Fsp3) is 0.500. The maximum atomic E-state index is 12.5. The Kier molecular flexibility index (Phi) is 9.05. The lowest BCUT2D eigenvalue weighted by atomic mass is 10.1. The number of carbonyl (C=O) groups is 1. The minimum atomic E-state index is 0. The molecular weight excluding hydrogens is 475 g/mol. The quantitative estimate of drug-likeness (QED) is 0.263. The molecule has 0 fully saturated rings. The highest BCUT2D eigenvalue weighted by molar-refractivity contribution is 14.0. The number of hydrogen-bond acceptors (Lipinski definition) is 4. The van der Waals surface area contributed by atoms with Crippen LogP contribution in [0.4, 0.5) is 0 Å². The number of nitrogens with zero attached hydrogens (tertiary/aromatic N) is 4. The summed E-state index contributed by atoms with van der Waals surface area (Å²) in [5, 5.41) is 12.8. The summed E-state index contributed by atoms with van der Waals surface area (Å²) in [5.41, 5.74) is 1.28. The van der Waals surface area contributed by atoms with E-state index in [1.54, 1.807) is 17.5 Å². The summed E-state index contributed by atoms with van der Waals surface area (Å²) in [7, 11) is 0. The number of guanidine groups is 1. The van der Waals surface area contributed by atoms with Gasteiger partial charge in [0.2, 0.25) is 5.91 Å². The number of rotatable bonds is 7. The van der Waals surface area contributed by atoms with Crippen molar-refractivity contribution in [3.63, 3.8) is 0 Å². The Labute approximate surface area is 181 Å². The molecule has 9 heteroatoms. The van der Waals surface area contributed by atoms with Gasteiger partial charge in [-0.15, -0.1) is 35.3 Å². The molecule has 3 rings (SSSR count). The van der Waals surface area contributed by atoms with E-state index >= 15 is 0 Å². The lowest BCUT2D eigenvalue weighted by Gasteiger charge is -2.26. The van der Waals surface area contributed by atoms with Crippen molar-refractivity contribution in [2.75, 3.05) is 26.2 Å². The molecule has 27 heavy (non-hydrogen) atoms. The maximum absolute atomic E-state index is 12.5. The number of aliphatic imine (C=N–C) groups is 1. The zero-order chi connectivity index (χ0) is 18.2. The van der Waals surface area contributed by atoms with Crippen LogP contribution in [0.3, 0.4) is 0 Å². The van der Waals surface area contributed by atoms with Gasteiger partial charge in [-0.05, 0) is 42.8 Å². The molecule has 0 saturated carbocycles. The molecule has 2 aromatic rings. The minimum absolute atomic E-state index is 0. The van der Waals surface area contributed by atoms with Crippen LogP contribution in [-0.4, -0.2) is 52.7 Å². The van der Waals surface area contributed by atoms with Crippen molar-refractivity contribution >= 4 is 47.2 Å². The molecule has 0 unspecified atom stereocenters. The SMILES string of the molecule is CCNC(=NCC(=O)N1CCc2sccc2C1)NCCCn1cccn1.I. The lowest BCUT2D eigenvalue weighted by molar-refractivity contribution is -0.130. The number of hydrogen-bond donors (Lipinski definition) is 2. The van der Waals surface area contributed by atoms with Crippen LogP contribution in [0, 0.1) is 0 Å². The third-order valence-corrected chi connectivity index (χ3v) is 5.32. The van der Waals surface area contributed by atoms with Gasteiger partial charge in [0.05, 0.1) is 0 Å². The van der Waals surface area contributed by atoms with E-state index in [4.69, 9.17) is 0 Å². The van der Waals surface area contributed by atoms with Crippen LogP contribution in [0.15, 0.2) is 34.9 Å². The number of aromatic nitrogens is 2. The number of thiophene rings is 1. The van der Waals surface area contributed by atoms with E-state index in [2.05, 4.69) is 32.2 Å². The first kappa shape index (κ1) is 21.7. The summed E-state index contributed by atoms with van der Waals surface area (Å²) in [5.74, 6) is 0.769. The second-order valence-corrected chi connectivity index (χ2v) is 7.18. The van der Waals surface area contributed by atoms with Gasteiger partial charge < -0.3 is 15.5 Å². The van der Waals surface area contributed by atoms with Crippen LogP contribution in [-0.2, 0) is 24.3 Å². The van der Waals surface area contributed by atoms with Gasteiger partial charge in [0.25, 0.3) is 0 Å². The zero-order valence-electron chi connectivity index (χ0n) is 15.6. The van der Waals surface area contributed by atoms with Gasteiger partial charge in [-0.3, -0.25) is 9.48 Å². The lowest BCUT2D eigenvalue weighted by Crippen LogP contribution is -2.40. The normalized spacial score (nSPS) is 13.7. The van der Waals surface area contributed by atoms with Crippen LogP contribution in [0.5, 0.6) is 0 Å².